The average Bonchev–Trinajstić information content (AvgIpc) is 2.89. The zero-order valence-electron chi connectivity index (χ0n) is 12.3. The van der Waals surface area contributed by atoms with Crippen molar-refractivity contribution in [3.05, 3.63) is 35.7 Å². The molecule has 1 aromatic carbocycles. The molecule has 0 amide bonds. The van der Waals surface area contributed by atoms with Crippen molar-refractivity contribution in [3.8, 4) is 11.5 Å². The van der Waals surface area contributed by atoms with Crippen LogP contribution in [-0.2, 0) is 13.5 Å². The Balaban J connectivity index is 2.26. The van der Waals surface area contributed by atoms with Crippen molar-refractivity contribution >= 4 is 0 Å². The number of nitrogens with zero attached hydrogens (tertiary/aromatic N) is 3. The second kappa shape index (κ2) is 6.38. The standard InChI is InChI=1S/C14H20N4O2/c1-15-13(7-10-9-18(2)17-16-10)12-6-5-11(19-3)8-14(12)20-4/h5-6,8-9,13,15H,7H2,1-4H3. The number of methoxy groups -OCH3 is 2. The Hall–Kier alpha value is -2.08. The molecule has 0 saturated heterocycles. The zero-order chi connectivity index (χ0) is 14.5. The summed E-state index contributed by atoms with van der Waals surface area (Å²) >= 11 is 0. The minimum atomic E-state index is 0.104. The third kappa shape index (κ3) is 3.08. The van der Waals surface area contributed by atoms with E-state index in [1.807, 2.05) is 38.5 Å². The molecule has 0 aliphatic carbocycles. The first-order valence-electron chi connectivity index (χ1n) is 6.42. The highest BCUT2D eigenvalue weighted by Gasteiger charge is 2.17. The van der Waals surface area contributed by atoms with Gasteiger partial charge in [0, 0.05) is 37.3 Å². The summed E-state index contributed by atoms with van der Waals surface area (Å²) in [6.07, 6.45) is 2.66. The van der Waals surface area contributed by atoms with Gasteiger partial charge >= 0.3 is 0 Å². The van der Waals surface area contributed by atoms with Crippen LogP contribution in [0.25, 0.3) is 0 Å². The van der Waals surface area contributed by atoms with Gasteiger partial charge in [-0.15, -0.1) is 5.10 Å². The zero-order valence-corrected chi connectivity index (χ0v) is 12.3. The van der Waals surface area contributed by atoms with Crippen LogP contribution in [0.2, 0.25) is 0 Å². The Labute approximate surface area is 118 Å². The first-order chi connectivity index (χ1) is 9.67. The van der Waals surface area contributed by atoms with Gasteiger partial charge < -0.3 is 14.8 Å². The summed E-state index contributed by atoms with van der Waals surface area (Å²) in [5.41, 5.74) is 2.01. The molecule has 1 heterocycles. The van der Waals surface area contributed by atoms with Gasteiger partial charge in [-0.25, -0.2) is 0 Å². The predicted molar refractivity (Wildman–Crippen MR) is 76.1 cm³/mol. The average molecular weight is 276 g/mol. The van der Waals surface area contributed by atoms with Crippen molar-refractivity contribution in [2.75, 3.05) is 21.3 Å². The molecule has 0 radical (unpaired) electrons. The van der Waals surface area contributed by atoms with Crippen molar-refractivity contribution in [1.29, 1.82) is 0 Å². The molecule has 1 N–H and O–H groups in total. The quantitative estimate of drug-likeness (QED) is 0.862. The molecule has 2 aromatic rings. The van der Waals surface area contributed by atoms with Gasteiger partial charge in [-0.3, -0.25) is 4.68 Å². The molecule has 1 aromatic heterocycles. The Morgan fingerprint density at radius 2 is 2.10 bits per heavy atom. The highest BCUT2D eigenvalue weighted by Crippen LogP contribution is 2.30. The van der Waals surface area contributed by atoms with Gasteiger partial charge in [0.1, 0.15) is 11.5 Å². The van der Waals surface area contributed by atoms with Crippen molar-refractivity contribution in [2.24, 2.45) is 7.05 Å². The number of hydrogen-bond donors (Lipinski definition) is 1. The van der Waals surface area contributed by atoms with E-state index in [4.69, 9.17) is 9.47 Å². The van der Waals surface area contributed by atoms with Crippen LogP contribution in [0.1, 0.15) is 17.3 Å². The van der Waals surface area contributed by atoms with Crippen LogP contribution < -0.4 is 14.8 Å². The maximum atomic E-state index is 5.45. The van der Waals surface area contributed by atoms with E-state index in [2.05, 4.69) is 15.6 Å². The molecule has 0 bridgehead atoms. The number of hydrogen-bond acceptors (Lipinski definition) is 5. The van der Waals surface area contributed by atoms with Crippen LogP contribution in [-0.4, -0.2) is 36.3 Å². The highest BCUT2D eigenvalue weighted by molar-refractivity contribution is 5.42. The maximum absolute atomic E-state index is 5.45. The Bertz CT molecular complexity index is 568. The van der Waals surface area contributed by atoms with E-state index in [1.54, 1.807) is 18.9 Å². The molecule has 0 aliphatic heterocycles. The van der Waals surface area contributed by atoms with E-state index >= 15 is 0 Å². The van der Waals surface area contributed by atoms with Crippen LogP contribution in [0.4, 0.5) is 0 Å². The second-order valence-corrected chi connectivity index (χ2v) is 4.54. The van der Waals surface area contributed by atoms with Gasteiger partial charge in [-0.2, -0.15) is 0 Å². The van der Waals surface area contributed by atoms with Gasteiger partial charge in [0.05, 0.1) is 19.9 Å². The number of aromatic nitrogens is 3. The fourth-order valence-corrected chi connectivity index (χ4v) is 2.17. The molecule has 0 aliphatic rings. The number of likely N-dealkylation sites (N-methyl/N-ethyl adjacent to an activating group) is 1. The summed E-state index contributed by atoms with van der Waals surface area (Å²) in [6.45, 7) is 0. The van der Waals surface area contributed by atoms with Crippen molar-refractivity contribution in [2.45, 2.75) is 12.5 Å². The summed E-state index contributed by atoms with van der Waals surface area (Å²) in [4.78, 5) is 0. The Kier molecular flexibility index (Phi) is 4.57. The molecule has 1 unspecified atom stereocenters. The lowest BCUT2D eigenvalue weighted by molar-refractivity contribution is 0.385. The normalized spacial score (nSPS) is 12.2. The lowest BCUT2D eigenvalue weighted by Crippen LogP contribution is -2.19. The van der Waals surface area contributed by atoms with Crippen molar-refractivity contribution in [3.63, 3.8) is 0 Å². The van der Waals surface area contributed by atoms with E-state index in [0.29, 0.717) is 0 Å². The van der Waals surface area contributed by atoms with Gasteiger partial charge in [-0.1, -0.05) is 11.3 Å². The molecule has 20 heavy (non-hydrogen) atoms. The van der Waals surface area contributed by atoms with Crippen LogP contribution in [0.15, 0.2) is 24.4 Å². The number of aryl methyl sites for hydroxylation is 1. The van der Waals surface area contributed by atoms with E-state index in [9.17, 15) is 0 Å². The second-order valence-electron chi connectivity index (χ2n) is 4.54. The minimum Gasteiger partial charge on any atom is -0.497 e. The van der Waals surface area contributed by atoms with Crippen LogP contribution in [0, 0.1) is 0 Å². The molecule has 108 valence electrons. The van der Waals surface area contributed by atoms with Gasteiger partial charge in [0.15, 0.2) is 0 Å². The molecule has 2 rings (SSSR count). The fraction of sp³-hybridized carbons (Fsp3) is 0.429. The molecule has 0 saturated carbocycles. The Morgan fingerprint density at radius 1 is 1.30 bits per heavy atom. The molecule has 6 heteroatoms. The van der Waals surface area contributed by atoms with E-state index in [-0.39, 0.29) is 6.04 Å². The fourth-order valence-electron chi connectivity index (χ4n) is 2.17. The van der Waals surface area contributed by atoms with Crippen LogP contribution in [0.5, 0.6) is 11.5 Å². The SMILES string of the molecule is CNC(Cc1cn(C)nn1)c1ccc(OC)cc1OC. The summed E-state index contributed by atoms with van der Waals surface area (Å²) in [7, 11) is 7.08. The molecular weight excluding hydrogens is 256 g/mol. The van der Waals surface area contributed by atoms with E-state index in [0.717, 1.165) is 29.2 Å². The molecule has 1 atom stereocenters. The van der Waals surface area contributed by atoms with E-state index in [1.165, 1.54) is 0 Å². The van der Waals surface area contributed by atoms with Gasteiger partial charge in [-0.05, 0) is 13.1 Å². The maximum Gasteiger partial charge on any atom is 0.127 e. The largest absolute Gasteiger partial charge is 0.497 e. The molecular formula is C14H20N4O2. The van der Waals surface area contributed by atoms with Crippen LogP contribution >= 0.6 is 0 Å². The lowest BCUT2D eigenvalue weighted by atomic mass is 10.0. The van der Waals surface area contributed by atoms with Gasteiger partial charge in [0.2, 0.25) is 0 Å². The van der Waals surface area contributed by atoms with Crippen molar-refractivity contribution < 1.29 is 9.47 Å². The Morgan fingerprint density at radius 3 is 2.65 bits per heavy atom. The highest BCUT2D eigenvalue weighted by atomic mass is 16.5. The minimum absolute atomic E-state index is 0.104. The topological polar surface area (TPSA) is 61.2 Å². The number of ether oxygens (including phenoxy) is 2. The summed E-state index contributed by atoms with van der Waals surface area (Å²) in [6, 6.07) is 5.93. The van der Waals surface area contributed by atoms with Crippen molar-refractivity contribution in [1.82, 2.24) is 20.3 Å². The number of nitrogens with one attached hydrogen (secondary N) is 1. The third-order valence-corrected chi connectivity index (χ3v) is 3.23. The summed E-state index contributed by atoms with van der Waals surface area (Å²) in [5, 5.41) is 11.4. The number of rotatable bonds is 6. The third-order valence-electron chi connectivity index (χ3n) is 3.23. The van der Waals surface area contributed by atoms with Gasteiger partial charge in [0.25, 0.3) is 0 Å². The molecule has 0 spiro atoms. The van der Waals surface area contributed by atoms with Crippen LogP contribution in [0.3, 0.4) is 0 Å². The molecule has 6 nitrogen and oxygen atoms in total. The van der Waals surface area contributed by atoms with E-state index < -0.39 is 0 Å². The lowest BCUT2D eigenvalue weighted by Gasteiger charge is -2.19. The first kappa shape index (κ1) is 14.3. The monoisotopic (exact) mass is 276 g/mol. The summed E-state index contributed by atoms with van der Waals surface area (Å²) < 4.78 is 12.4. The first-order valence-corrected chi connectivity index (χ1v) is 6.42. The summed E-state index contributed by atoms with van der Waals surface area (Å²) in [5.74, 6) is 1.58. The molecule has 0 fully saturated rings. The predicted octanol–water partition coefficient (Wildman–Crippen LogP) is 1.34. The number of benzene rings is 1. The smallest absolute Gasteiger partial charge is 0.127 e.